The maximum Gasteiger partial charge on any atom is 0.319 e. The molecular weight excluding hydrogens is 282 g/mol. The molecule has 0 aliphatic carbocycles. The van der Waals surface area contributed by atoms with E-state index in [1.165, 1.54) is 20.0 Å². The predicted octanol–water partition coefficient (Wildman–Crippen LogP) is 0.394. The van der Waals surface area contributed by atoms with E-state index < -0.39 is 33.0 Å². The van der Waals surface area contributed by atoms with Crippen LogP contribution in [0.4, 0.5) is 0 Å². The average molecular weight is 297 g/mol. The van der Waals surface area contributed by atoms with Crippen molar-refractivity contribution in [2.45, 2.75) is 17.7 Å². The fourth-order valence-corrected chi connectivity index (χ4v) is 4.58. The first-order chi connectivity index (χ1) is 9.25. The second-order valence-electron chi connectivity index (χ2n) is 4.96. The molecule has 2 N–H and O–H groups in total. The van der Waals surface area contributed by atoms with Gasteiger partial charge in [0, 0.05) is 13.0 Å². The molecule has 2 unspecified atom stereocenters. The number of fused-ring (bicyclic) bond motifs is 1. The lowest BCUT2D eigenvalue weighted by Gasteiger charge is -2.29. The minimum atomic E-state index is -3.56. The number of carboxylic acid groups (broad SMARTS) is 1. The average Bonchev–Trinajstić information content (AvgIpc) is 2.69. The maximum absolute atomic E-state index is 12.1. The Morgan fingerprint density at radius 1 is 1.35 bits per heavy atom. The lowest BCUT2D eigenvalue weighted by atomic mass is 9.73. The van der Waals surface area contributed by atoms with E-state index in [4.69, 9.17) is 0 Å². The van der Waals surface area contributed by atoms with Gasteiger partial charge in [0.25, 0.3) is 0 Å². The molecule has 1 heterocycles. The largest absolute Gasteiger partial charge is 0.480 e. The summed E-state index contributed by atoms with van der Waals surface area (Å²) in [6.07, 6.45) is 0. The maximum atomic E-state index is 12.1. The van der Waals surface area contributed by atoms with Crippen LogP contribution < -0.4 is 5.32 Å². The number of benzene rings is 1. The highest BCUT2D eigenvalue weighted by Crippen LogP contribution is 2.45. The van der Waals surface area contributed by atoms with E-state index in [9.17, 15) is 23.1 Å². The summed E-state index contributed by atoms with van der Waals surface area (Å²) in [7, 11) is -2.22. The van der Waals surface area contributed by atoms with Gasteiger partial charge in [-0.1, -0.05) is 18.2 Å². The molecule has 0 aromatic heterocycles. The van der Waals surface area contributed by atoms with Gasteiger partial charge in [0.15, 0.2) is 15.3 Å². The van der Waals surface area contributed by atoms with Crippen molar-refractivity contribution in [1.82, 2.24) is 5.32 Å². The minimum Gasteiger partial charge on any atom is -0.480 e. The van der Waals surface area contributed by atoms with Gasteiger partial charge in [-0.15, -0.1) is 0 Å². The first-order valence-electron chi connectivity index (χ1n) is 6.02. The molecule has 6 nitrogen and oxygen atoms in total. The van der Waals surface area contributed by atoms with Gasteiger partial charge >= 0.3 is 5.97 Å². The molecule has 0 fully saturated rings. The summed E-state index contributed by atoms with van der Waals surface area (Å²) < 4.78 is 24.2. The Bertz CT molecular complexity index is 682. The third kappa shape index (κ3) is 1.89. The van der Waals surface area contributed by atoms with E-state index in [0.717, 1.165) is 0 Å². The van der Waals surface area contributed by atoms with Crippen LogP contribution in [0.2, 0.25) is 0 Å². The Morgan fingerprint density at radius 2 is 1.95 bits per heavy atom. The Labute approximate surface area is 116 Å². The van der Waals surface area contributed by atoms with E-state index in [2.05, 4.69) is 5.32 Å². The molecule has 0 saturated heterocycles. The van der Waals surface area contributed by atoms with Crippen LogP contribution >= 0.6 is 0 Å². The van der Waals surface area contributed by atoms with Gasteiger partial charge in [-0.25, -0.2) is 8.42 Å². The lowest BCUT2D eigenvalue weighted by molar-refractivity contribution is -0.155. The molecule has 0 radical (unpaired) electrons. The monoisotopic (exact) mass is 297 g/mol. The Balaban J connectivity index is 2.65. The predicted molar refractivity (Wildman–Crippen MR) is 71.0 cm³/mol. The zero-order valence-electron chi connectivity index (χ0n) is 11.1. The fourth-order valence-electron chi connectivity index (χ4n) is 2.59. The van der Waals surface area contributed by atoms with E-state index in [1.807, 2.05) is 0 Å². The summed E-state index contributed by atoms with van der Waals surface area (Å²) in [5.74, 6) is -3.32. The number of hydrogen-bond acceptors (Lipinski definition) is 4. The standard InChI is InChI=1S/C13H15NO5S/c1-13(12(16)17,11(15)14-2)9-7-20(18,19)10-6-4-3-5-8(9)10/h3-6,9H,7H2,1-2H3,(H,14,15)(H,16,17). The second kappa shape index (κ2) is 4.59. The smallest absolute Gasteiger partial charge is 0.319 e. The van der Waals surface area contributed by atoms with E-state index in [0.29, 0.717) is 5.56 Å². The molecule has 108 valence electrons. The summed E-state index contributed by atoms with van der Waals surface area (Å²) in [6.45, 7) is 1.26. The van der Waals surface area contributed by atoms with Crippen molar-refractivity contribution in [3.8, 4) is 0 Å². The Morgan fingerprint density at radius 3 is 2.50 bits per heavy atom. The molecule has 7 heteroatoms. The lowest BCUT2D eigenvalue weighted by Crippen LogP contribution is -2.47. The summed E-state index contributed by atoms with van der Waals surface area (Å²) in [6, 6.07) is 6.22. The number of hydrogen-bond donors (Lipinski definition) is 2. The number of carbonyl (C=O) groups excluding carboxylic acids is 1. The minimum absolute atomic E-state index is 0.112. The van der Waals surface area contributed by atoms with Crippen molar-refractivity contribution in [2.24, 2.45) is 5.41 Å². The first-order valence-corrected chi connectivity index (χ1v) is 7.67. The molecule has 1 aliphatic rings. The molecule has 1 aliphatic heterocycles. The van der Waals surface area contributed by atoms with Gasteiger partial charge in [-0.05, 0) is 18.6 Å². The van der Waals surface area contributed by atoms with Crippen molar-refractivity contribution in [1.29, 1.82) is 0 Å². The van der Waals surface area contributed by atoms with Crippen LogP contribution in [-0.4, -0.2) is 38.2 Å². The number of aliphatic carboxylic acids is 1. The van der Waals surface area contributed by atoms with E-state index in [1.54, 1.807) is 18.2 Å². The molecule has 1 amide bonds. The van der Waals surface area contributed by atoms with Crippen molar-refractivity contribution >= 4 is 21.7 Å². The number of carboxylic acids is 1. The SMILES string of the molecule is CNC(=O)C(C)(C(=O)O)C1CS(=O)(=O)c2ccccc21. The number of amides is 1. The van der Waals surface area contributed by atoms with Crippen molar-refractivity contribution in [3.05, 3.63) is 29.8 Å². The highest BCUT2D eigenvalue weighted by atomic mass is 32.2. The quantitative estimate of drug-likeness (QED) is 0.786. The fraction of sp³-hybridized carbons (Fsp3) is 0.385. The van der Waals surface area contributed by atoms with Crippen LogP contribution in [0.3, 0.4) is 0 Å². The van der Waals surface area contributed by atoms with Crippen LogP contribution in [0.1, 0.15) is 18.4 Å². The first kappa shape index (κ1) is 14.5. The third-order valence-corrected chi connectivity index (χ3v) is 5.67. The van der Waals surface area contributed by atoms with Crippen molar-refractivity contribution < 1.29 is 23.1 Å². The number of rotatable bonds is 3. The zero-order valence-corrected chi connectivity index (χ0v) is 11.9. The van der Waals surface area contributed by atoms with Crippen LogP contribution in [-0.2, 0) is 19.4 Å². The highest BCUT2D eigenvalue weighted by molar-refractivity contribution is 7.91. The molecule has 1 aromatic carbocycles. The number of nitrogens with one attached hydrogen (secondary N) is 1. The van der Waals surface area contributed by atoms with E-state index in [-0.39, 0.29) is 10.6 Å². The zero-order chi connectivity index (χ0) is 15.1. The van der Waals surface area contributed by atoms with E-state index >= 15 is 0 Å². The molecule has 0 saturated carbocycles. The Hall–Kier alpha value is -1.89. The highest BCUT2D eigenvalue weighted by Gasteiger charge is 2.54. The summed E-state index contributed by atoms with van der Waals surface area (Å²) in [5, 5.41) is 11.7. The van der Waals surface area contributed by atoms with Crippen LogP contribution in [0.25, 0.3) is 0 Å². The van der Waals surface area contributed by atoms with Crippen molar-refractivity contribution in [3.63, 3.8) is 0 Å². The third-order valence-electron chi connectivity index (χ3n) is 3.86. The van der Waals surface area contributed by atoms with Gasteiger partial charge in [-0.3, -0.25) is 9.59 Å². The molecule has 0 spiro atoms. The normalized spacial score (nSPS) is 22.6. The summed E-state index contributed by atoms with van der Waals surface area (Å²) in [5.41, 5.74) is -1.44. The van der Waals surface area contributed by atoms with Crippen LogP contribution in [0, 0.1) is 5.41 Å². The topological polar surface area (TPSA) is 101 Å². The van der Waals surface area contributed by atoms with Gasteiger partial charge in [0.1, 0.15) is 0 Å². The van der Waals surface area contributed by atoms with Gasteiger partial charge in [-0.2, -0.15) is 0 Å². The van der Waals surface area contributed by atoms with Crippen molar-refractivity contribution in [2.75, 3.05) is 12.8 Å². The molecular formula is C13H15NO5S. The van der Waals surface area contributed by atoms with Gasteiger partial charge in [0.05, 0.1) is 10.6 Å². The Kier molecular flexibility index (Phi) is 3.33. The van der Waals surface area contributed by atoms with Gasteiger partial charge < -0.3 is 10.4 Å². The second-order valence-corrected chi connectivity index (χ2v) is 6.96. The molecule has 0 bridgehead atoms. The summed E-state index contributed by atoms with van der Waals surface area (Å²) in [4.78, 5) is 23.7. The van der Waals surface area contributed by atoms with Crippen LogP contribution in [0.5, 0.6) is 0 Å². The van der Waals surface area contributed by atoms with Gasteiger partial charge in [0.2, 0.25) is 5.91 Å². The number of sulfone groups is 1. The summed E-state index contributed by atoms with van der Waals surface area (Å²) >= 11 is 0. The molecule has 20 heavy (non-hydrogen) atoms. The number of carbonyl (C=O) groups is 2. The van der Waals surface area contributed by atoms with Crippen LogP contribution in [0.15, 0.2) is 29.2 Å². The molecule has 2 rings (SSSR count). The molecule has 1 aromatic rings. The molecule has 2 atom stereocenters.